The quantitative estimate of drug-likeness (QED) is 0.253. The van der Waals surface area contributed by atoms with Gasteiger partial charge in [0.05, 0.1) is 19.1 Å². The van der Waals surface area contributed by atoms with Crippen molar-refractivity contribution in [2.75, 3.05) is 13.3 Å². The molecule has 4 rings (SSSR count). The van der Waals surface area contributed by atoms with Crippen molar-refractivity contribution in [1.82, 2.24) is 0 Å². The third-order valence-corrected chi connectivity index (χ3v) is 6.12. The van der Waals surface area contributed by atoms with Gasteiger partial charge in [-0.05, 0) is 66.4 Å². The summed E-state index contributed by atoms with van der Waals surface area (Å²) in [6.45, 7) is 5.84. The highest BCUT2D eigenvalue weighted by Crippen LogP contribution is 2.34. The van der Waals surface area contributed by atoms with Gasteiger partial charge in [0, 0.05) is 22.9 Å². The molecular formula is C30H32FNO4. The second-order valence-corrected chi connectivity index (χ2v) is 8.90. The standard InChI is InChI=1S/C30H32FNO4/c1-4-25-15-24-12-20(18-35-28-11-19(3)9-10-23(28)16-29(33)34-5-2)13-26(30(24)36-25)21-7-6-8-22(14-21)27(32)17-31/h6-15,27H,4-5,16-18,32H2,1-3H3. The van der Waals surface area contributed by atoms with Crippen molar-refractivity contribution in [3.63, 3.8) is 0 Å². The molecule has 0 spiro atoms. The van der Waals surface area contributed by atoms with Crippen LogP contribution in [0.5, 0.6) is 5.75 Å². The van der Waals surface area contributed by atoms with Gasteiger partial charge in [0.2, 0.25) is 0 Å². The summed E-state index contributed by atoms with van der Waals surface area (Å²) >= 11 is 0. The number of hydrogen-bond acceptors (Lipinski definition) is 5. The van der Waals surface area contributed by atoms with Gasteiger partial charge in [-0.1, -0.05) is 37.3 Å². The number of fused-ring (bicyclic) bond motifs is 1. The zero-order valence-electron chi connectivity index (χ0n) is 21.0. The molecule has 3 aromatic carbocycles. The minimum Gasteiger partial charge on any atom is -0.489 e. The summed E-state index contributed by atoms with van der Waals surface area (Å²) < 4.78 is 30.7. The molecule has 0 radical (unpaired) electrons. The van der Waals surface area contributed by atoms with Gasteiger partial charge < -0.3 is 19.6 Å². The lowest BCUT2D eigenvalue weighted by molar-refractivity contribution is -0.142. The SMILES string of the molecule is CCOC(=O)Cc1ccc(C)cc1OCc1cc(-c2cccc(C(N)CF)c2)c2oc(CC)cc2c1. The van der Waals surface area contributed by atoms with Crippen LogP contribution in [0, 0.1) is 6.92 Å². The lowest BCUT2D eigenvalue weighted by Gasteiger charge is -2.14. The molecule has 6 heteroatoms. The average Bonchev–Trinajstić information content (AvgIpc) is 3.31. The molecule has 1 atom stereocenters. The highest BCUT2D eigenvalue weighted by atomic mass is 19.1. The van der Waals surface area contributed by atoms with Gasteiger partial charge in [-0.25, -0.2) is 4.39 Å². The van der Waals surface area contributed by atoms with Crippen LogP contribution < -0.4 is 10.5 Å². The van der Waals surface area contributed by atoms with Crippen molar-refractivity contribution < 1.29 is 23.1 Å². The van der Waals surface area contributed by atoms with E-state index in [0.29, 0.717) is 19.0 Å². The fourth-order valence-corrected chi connectivity index (χ4v) is 4.24. The maximum absolute atomic E-state index is 13.2. The molecule has 0 saturated carbocycles. The van der Waals surface area contributed by atoms with E-state index < -0.39 is 12.7 Å². The number of aryl methyl sites for hydroxylation is 2. The van der Waals surface area contributed by atoms with Gasteiger partial charge in [0.15, 0.2) is 0 Å². The molecule has 188 valence electrons. The third kappa shape index (κ3) is 5.77. The number of halogens is 1. The summed E-state index contributed by atoms with van der Waals surface area (Å²) in [5.41, 5.74) is 12.0. The molecule has 0 aliphatic carbocycles. The van der Waals surface area contributed by atoms with E-state index in [0.717, 1.165) is 56.5 Å². The maximum atomic E-state index is 13.2. The molecule has 5 nitrogen and oxygen atoms in total. The van der Waals surface area contributed by atoms with Crippen molar-refractivity contribution in [3.8, 4) is 16.9 Å². The largest absolute Gasteiger partial charge is 0.489 e. The van der Waals surface area contributed by atoms with Crippen molar-refractivity contribution in [2.24, 2.45) is 5.73 Å². The lowest BCUT2D eigenvalue weighted by Crippen LogP contribution is -2.11. The summed E-state index contributed by atoms with van der Waals surface area (Å²) in [4.78, 5) is 12.1. The van der Waals surface area contributed by atoms with Gasteiger partial charge >= 0.3 is 5.97 Å². The highest BCUT2D eigenvalue weighted by Gasteiger charge is 2.15. The Morgan fingerprint density at radius 2 is 1.92 bits per heavy atom. The maximum Gasteiger partial charge on any atom is 0.310 e. The van der Waals surface area contributed by atoms with Gasteiger partial charge in [0.1, 0.15) is 30.4 Å². The van der Waals surface area contributed by atoms with Crippen molar-refractivity contribution in [1.29, 1.82) is 0 Å². The van der Waals surface area contributed by atoms with Crippen LogP contribution >= 0.6 is 0 Å². The first-order chi connectivity index (χ1) is 17.4. The Kier molecular flexibility index (Phi) is 8.06. The van der Waals surface area contributed by atoms with Crippen LogP contribution in [-0.2, 0) is 29.0 Å². The summed E-state index contributed by atoms with van der Waals surface area (Å²) in [5.74, 6) is 1.25. The lowest BCUT2D eigenvalue weighted by atomic mass is 9.97. The van der Waals surface area contributed by atoms with Crippen molar-refractivity contribution in [3.05, 3.63) is 88.7 Å². The molecule has 0 aliphatic heterocycles. The predicted octanol–water partition coefficient (Wildman–Crippen LogP) is 6.62. The normalized spacial score (nSPS) is 12.0. The molecule has 0 bridgehead atoms. The second kappa shape index (κ2) is 11.4. The van der Waals surface area contributed by atoms with Crippen molar-refractivity contribution in [2.45, 2.75) is 46.3 Å². The Morgan fingerprint density at radius 3 is 2.67 bits per heavy atom. The van der Waals surface area contributed by atoms with E-state index >= 15 is 0 Å². The number of esters is 1. The smallest absolute Gasteiger partial charge is 0.310 e. The van der Waals surface area contributed by atoms with Crippen LogP contribution in [0.15, 0.2) is 65.1 Å². The molecule has 0 fully saturated rings. The summed E-state index contributed by atoms with van der Waals surface area (Å²) in [5, 5.41) is 0.971. The Labute approximate surface area is 211 Å². The number of carbonyl (C=O) groups is 1. The molecule has 2 N–H and O–H groups in total. The number of rotatable bonds is 10. The molecule has 1 unspecified atom stereocenters. The summed E-state index contributed by atoms with van der Waals surface area (Å²) in [6.07, 6.45) is 0.921. The van der Waals surface area contributed by atoms with Crippen LogP contribution in [-0.4, -0.2) is 19.3 Å². The summed E-state index contributed by atoms with van der Waals surface area (Å²) in [7, 11) is 0. The zero-order valence-corrected chi connectivity index (χ0v) is 21.0. The number of hydrogen-bond donors (Lipinski definition) is 1. The first-order valence-electron chi connectivity index (χ1n) is 12.3. The number of nitrogens with two attached hydrogens (primary N) is 1. The second-order valence-electron chi connectivity index (χ2n) is 8.90. The Morgan fingerprint density at radius 1 is 1.08 bits per heavy atom. The van der Waals surface area contributed by atoms with Gasteiger partial charge in [0.25, 0.3) is 0 Å². The van der Waals surface area contributed by atoms with Crippen LogP contribution in [0.1, 0.15) is 47.9 Å². The van der Waals surface area contributed by atoms with E-state index in [2.05, 4.69) is 6.07 Å². The molecule has 0 amide bonds. The first kappa shape index (κ1) is 25.5. The molecule has 0 saturated heterocycles. The molecule has 4 aromatic rings. The molecule has 1 heterocycles. The van der Waals surface area contributed by atoms with E-state index in [1.807, 2.05) is 68.4 Å². The molecule has 1 aromatic heterocycles. The monoisotopic (exact) mass is 489 g/mol. The van der Waals surface area contributed by atoms with E-state index in [-0.39, 0.29) is 12.4 Å². The van der Waals surface area contributed by atoms with Gasteiger partial charge in [-0.3, -0.25) is 4.79 Å². The van der Waals surface area contributed by atoms with Gasteiger partial charge in [-0.15, -0.1) is 0 Å². The Balaban J connectivity index is 1.69. The van der Waals surface area contributed by atoms with Crippen LogP contribution in [0.25, 0.3) is 22.1 Å². The number of furan rings is 1. The zero-order chi connectivity index (χ0) is 25.7. The van der Waals surface area contributed by atoms with E-state index in [1.54, 1.807) is 6.92 Å². The third-order valence-electron chi connectivity index (χ3n) is 6.12. The topological polar surface area (TPSA) is 74.7 Å². The Hall–Kier alpha value is -3.64. The van der Waals surface area contributed by atoms with E-state index in [4.69, 9.17) is 19.6 Å². The number of ether oxygens (including phenoxy) is 2. The van der Waals surface area contributed by atoms with Crippen molar-refractivity contribution >= 4 is 16.9 Å². The fourth-order valence-electron chi connectivity index (χ4n) is 4.24. The molecular weight excluding hydrogens is 457 g/mol. The number of carbonyl (C=O) groups excluding carboxylic acids is 1. The number of alkyl halides is 1. The fraction of sp³-hybridized carbons (Fsp3) is 0.300. The minimum atomic E-state index is -0.672. The summed E-state index contributed by atoms with van der Waals surface area (Å²) in [6, 6.07) is 18.8. The number of benzene rings is 3. The van der Waals surface area contributed by atoms with E-state index in [9.17, 15) is 9.18 Å². The highest BCUT2D eigenvalue weighted by molar-refractivity contribution is 5.93. The molecule has 0 aliphatic rings. The first-order valence-corrected chi connectivity index (χ1v) is 12.3. The average molecular weight is 490 g/mol. The minimum absolute atomic E-state index is 0.150. The molecule has 36 heavy (non-hydrogen) atoms. The predicted molar refractivity (Wildman–Crippen MR) is 140 cm³/mol. The Bertz CT molecular complexity index is 1360. The van der Waals surface area contributed by atoms with Crippen LogP contribution in [0.4, 0.5) is 4.39 Å². The van der Waals surface area contributed by atoms with Crippen LogP contribution in [0.3, 0.4) is 0 Å². The van der Waals surface area contributed by atoms with E-state index in [1.165, 1.54) is 0 Å². The van der Waals surface area contributed by atoms with Gasteiger partial charge in [-0.2, -0.15) is 0 Å². The van der Waals surface area contributed by atoms with Crippen LogP contribution in [0.2, 0.25) is 0 Å².